The summed E-state index contributed by atoms with van der Waals surface area (Å²) in [5.74, 6) is -1.20. The summed E-state index contributed by atoms with van der Waals surface area (Å²) in [6.07, 6.45) is 0. The molecule has 1 heterocycles. The van der Waals surface area contributed by atoms with Crippen LogP contribution in [0.25, 0.3) is 0 Å². The van der Waals surface area contributed by atoms with Gasteiger partial charge in [0.2, 0.25) is 0 Å². The van der Waals surface area contributed by atoms with E-state index in [4.69, 9.17) is 5.11 Å². The van der Waals surface area contributed by atoms with Crippen LogP contribution in [0.2, 0.25) is 0 Å². The fraction of sp³-hybridized carbons (Fsp3) is 0.286. The molecule has 6 heteroatoms. The molecule has 0 spiro atoms. The smallest absolute Gasteiger partial charge is 0.340 e. The highest BCUT2D eigenvalue weighted by atomic mass is 32.1. The second-order valence-corrected chi connectivity index (χ2v) is 5.45. The highest BCUT2D eigenvalue weighted by molar-refractivity contribution is 7.10. The number of halogens is 1. The first-order chi connectivity index (χ1) is 9.40. The van der Waals surface area contributed by atoms with Gasteiger partial charge in [-0.05, 0) is 49.0 Å². The van der Waals surface area contributed by atoms with Crippen molar-refractivity contribution in [3.8, 4) is 0 Å². The average molecular weight is 294 g/mol. The molecule has 0 unspecified atom stereocenters. The van der Waals surface area contributed by atoms with E-state index >= 15 is 0 Å². The Balaban J connectivity index is 2.19. The molecule has 2 rings (SSSR count). The van der Waals surface area contributed by atoms with Crippen LogP contribution >= 0.6 is 11.5 Å². The first-order valence-electron chi connectivity index (χ1n) is 6.09. The highest BCUT2D eigenvalue weighted by Gasteiger charge is 2.17. The van der Waals surface area contributed by atoms with Gasteiger partial charge in [-0.2, -0.15) is 4.37 Å². The molecule has 20 heavy (non-hydrogen) atoms. The fourth-order valence-corrected chi connectivity index (χ4v) is 2.84. The maximum Gasteiger partial charge on any atom is 0.340 e. The summed E-state index contributed by atoms with van der Waals surface area (Å²) in [5, 5.41) is 12.7. The van der Waals surface area contributed by atoms with Gasteiger partial charge in [0.1, 0.15) is 16.4 Å². The van der Waals surface area contributed by atoms with Gasteiger partial charge in [-0.3, -0.25) is 0 Å². The van der Waals surface area contributed by atoms with Gasteiger partial charge in [0.25, 0.3) is 0 Å². The van der Waals surface area contributed by atoms with Gasteiger partial charge >= 0.3 is 5.97 Å². The van der Waals surface area contributed by atoms with E-state index in [1.54, 1.807) is 32.9 Å². The molecule has 0 saturated heterocycles. The van der Waals surface area contributed by atoms with Crippen LogP contribution in [0.4, 0.5) is 9.39 Å². The van der Waals surface area contributed by atoms with Crippen molar-refractivity contribution >= 4 is 22.5 Å². The summed E-state index contributed by atoms with van der Waals surface area (Å²) in [7, 11) is 0. The quantitative estimate of drug-likeness (QED) is 0.905. The minimum absolute atomic E-state index is 0.200. The first-order valence-corrected chi connectivity index (χ1v) is 6.86. The maximum atomic E-state index is 13.5. The number of carboxylic acids is 1. The number of rotatable bonds is 4. The van der Waals surface area contributed by atoms with Crippen LogP contribution in [-0.4, -0.2) is 15.4 Å². The van der Waals surface area contributed by atoms with E-state index in [-0.39, 0.29) is 11.4 Å². The number of carbonyl (C=O) groups is 1. The third-order valence-corrected chi connectivity index (χ3v) is 3.92. The first kappa shape index (κ1) is 14.5. The third-order valence-electron chi connectivity index (χ3n) is 3.03. The molecule has 2 N–H and O–H groups in total. The number of benzene rings is 1. The van der Waals surface area contributed by atoms with Crippen molar-refractivity contribution in [3.63, 3.8) is 0 Å². The molecule has 0 aliphatic rings. The molecule has 1 aromatic heterocycles. The lowest BCUT2D eigenvalue weighted by atomic mass is 10.1. The van der Waals surface area contributed by atoms with Crippen LogP contribution < -0.4 is 5.32 Å². The average Bonchev–Trinajstić information content (AvgIpc) is 2.74. The van der Waals surface area contributed by atoms with Crippen LogP contribution in [0, 0.1) is 26.6 Å². The van der Waals surface area contributed by atoms with E-state index in [1.807, 2.05) is 0 Å². The van der Waals surface area contributed by atoms with Crippen LogP contribution in [0.15, 0.2) is 12.1 Å². The predicted octanol–water partition coefficient (Wildman–Crippen LogP) is 3.52. The van der Waals surface area contributed by atoms with Crippen LogP contribution in [0.1, 0.15) is 32.7 Å². The van der Waals surface area contributed by atoms with Crippen LogP contribution in [0.3, 0.4) is 0 Å². The zero-order valence-electron chi connectivity index (χ0n) is 11.5. The second kappa shape index (κ2) is 5.58. The molecule has 2 aromatic rings. The van der Waals surface area contributed by atoms with Crippen molar-refractivity contribution in [3.05, 3.63) is 45.9 Å². The topological polar surface area (TPSA) is 62.2 Å². The van der Waals surface area contributed by atoms with E-state index < -0.39 is 5.97 Å². The molecule has 1 aromatic carbocycles. The molecular formula is C14H15FN2O2S. The van der Waals surface area contributed by atoms with Gasteiger partial charge in [-0.1, -0.05) is 12.1 Å². The number of aromatic nitrogens is 1. The molecule has 4 nitrogen and oxygen atoms in total. The number of carboxylic acid groups (broad SMARTS) is 1. The van der Waals surface area contributed by atoms with Gasteiger partial charge in [0.05, 0.1) is 5.69 Å². The summed E-state index contributed by atoms with van der Waals surface area (Å²) in [4.78, 5) is 11.1. The Morgan fingerprint density at radius 3 is 2.50 bits per heavy atom. The lowest BCUT2D eigenvalue weighted by Gasteiger charge is -2.08. The number of nitrogens with one attached hydrogen (secondary N) is 1. The van der Waals surface area contributed by atoms with Gasteiger partial charge in [-0.25, -0.2) is 9.18 Å². The molecule has 0 aliphatic carbocycles. The number of aryl methyl sites for hydroxylation is 3. The Morgan fingerprint density at radius 2 is 1.95 bits per heavy atom. The standard InChI is InChI=1S/C14H15FN2O2S/c1-7-4-10(5-8(2)12(7)15)6-16-13-11(14(18)19)9(3)17-20-13/h4-5,16H,6H2,1-3H3,(H,18,19). The number of aromatic carboxylic acids is 1. The Kier molecular flexibility index (Phi) is 4.04. The Bertz CT molecular complexity index is 644. The number of nitrogens with zero attached hydrogens (tertiary/aromatic N) is 1. The summed E-state index contributed by atoms with van der Waals surface area (Å²) < 4.78 is 17.6. The summed E-state index contributed by atoms with van der Waals surface area (Å²) in [6.45, 7) is 5.53. The van der Waals surface area contributed by atoms with Crippen molar-refractivity contribution < 1.29 is 14.3 Å². The Labute approximate surface area is 120 Å². The maximum absolute atomic E-state index is 13.5. The van der Waals surface area contributed by atoms with E-state index in [0.29, 0.717) is 28.4 Å². The minimum atomic E-state index is -0.995. The lowest BCUT2D eigenvalue weighted by Crippen LogP contribution is -2.05. The molecule has 0 atom stereocenters. The van der Waals surface area contributed by atoms with Crippen molar-refractivity contribution in [2.45, 2.75) is 27.3 Å². The molecule has 0 saturated carbocycles. The summed E-state index contributed by atoms with van der Waals surface area (Å²) in [5.41, 5.74) is 2.77. The number of anilines is 1. The monoisotopic (exact) mass is 294 g/mol. The molecule has 0 aliphatic heterocycles. The zero-order chi connectivity index (χ0) is 14.9. The largest absolute Gasteiger partial charge is 0.478 e. The van der Waals surface area contributed by atoms with Crippen LogP contribution in [-0.2, 0) is 6.54 Å². The normalized spacial score (nSPS) is 10.6. The van der Waals surface area contributed by atoms with E-state index in [2.05, 4.69) is 9.69 Å². The Hall–Kier alpha value is -1.95. The molecule has 106 valence electrons. The third kappa shape index (κ3) is 2.80. The van der Waals surface area contributed by atoms with Crippen LogP contribution in [0.5, 0.6) is 0 Å². The van der Waals surface area contributed by atoms with E-state index in [1.165, 1.54) is 0 Å². The van der Waals surface area contributed by atoms with Crippen molar-refractivity contribution in [2.24, 2.45) is 0 Å². The minimum Gasteiger partial charge on any atom is -0.478 e. The Morgan fingerprint density at radius 1 is 1.35 bits per heavy atom. The SMILES string of the molecule is Cc1cc(CNc2snc(C)c2C(=O)O)cc(C)c1F. The summed E-state index contributed by atoms with van der Waals surface area (Å²) >= 11 is 1.12. The van der Waals surface area contributed by atoms with Crippen molar-refractivity contribution in [2.75, 3.05) is 5.32 Å². The van der Waals surface area contributed by atoms with Crippen molar-refractivity contribution in [1.29, 1.82) is 0 Å². The molecule has 0 radical (unpaired) electrons. The summed E-state index contributed by atoms with van der Waals surface area (Å²) in [6, 6.07) is 3.51. The molecular weight excluding hydrogens is 279 g/mol. The predicted molar refractivity (Wildman–Crippen MR) is 77.0 cm³/mol. The second-order valence-electron chi connectivity index (χ2n) is 4.67. The molecule has 0 bridgehead atoms. The molecule has 0 amide bonds. The van der Waals surface area contributed by atoms with Crippen molar-refractivity contribution in [1.82, 2.24) is 4.37 Å². The van der Waals surface area contributed by atoms with E-state index in [9.17, 15) is 9.18 Å². The fourth-order valence-electron chi connectivity index (χ4n) is 2.06. The zero-order valence-corrected chi connectivity index (χ0v) is 12.3. The van der Waals surface area contributed by atoms with Gasteiger partial charge in [0.15, 0.2) is 0 Å². The highest BCUT2D eigenvalue weighted by Crippen LogP contribution is 2.25. The molecule has 0 fully saturated rings. The van der Waals surface area contributed by atoms with Gasteiger partial charge in [0, 0.05) is 6.54 Å². The van der Waals surface area contributed by atoms with Gasteiger partial charge < -0.3 is 10.4 Å². The van der Waals surface area contributed by atoms with E-state index in [0.717, 1.165) is 17.1 Å². The van der Waals surface area contributed by atoms with Gasteiger partial charge in [-0.15, -0.1) is 0 Å². The number of hydrogen-bond acceptors (Lipinski definition) is 4. The lowest BCUT2D eigenvalue weighted by molar-refractivity contribution is 0.0697. The number of hydrogen-bond donors (Lipinski definition) is 2.